The molecule has 1 aromatic heterocycles. The molecule has 1 heterocycles. The summed E-state index contributed by atoms with van der Waals surface area (Å²) in [5.74, 6) is -0.543. The molecule has 1 aliphatic carbocycles. The molecule has 0 aliphatic heterocycles. The number of nitrogens with zero attached hydrogens (tertiary/aromatic N) is 1. The minimum absolute atomic E-state index is 0.180. The maximum absolute atomic E-state index is 10.9. The lowest BCUT2D eigenvalue weighted by Crippen LogP contribution is -2.07. The van der Waals surface area contributed by atoms with Crippen LogP contribution in [0.15, 0.2) is 12.3 Å². The van der Waals surface area contributed by atoms with Crippen LogP contribution in [0.1, 0.15) is 28.9 Å². The molecule has 0 saturated heterocycles. The smallest absolute Gasteiger partial charge is 0.341 e. The van der Waals surface area contributed by atoms with Gasteiger partial charge in [0, 0.05) is 6.20 Å². The van der Waals surface area contributed by atoms with E-state index in [4.69, 9.17) is 9.84 Å². The van der Waals surface area contributed by atoms with E-state index < -0.39 is 5.97 Å². The van der Waals surface area contributed by atoms with Gasteiger partial charge in [0.05, 0.1) is 11.8 Å². The molecule has 2 rings (SSSR count). The number of aromatic carboxylic acids is 1. The van der Waals surface area contributed by atoms with E-state index in [9.17, 15) is 4.79 Å². The number of hydrogen-bond acceptors (Lipinski definition) is 3. The monoisotopic (exact) mass is 193 g/mol. The third kappa shape index (κ3) is 1.69. The molecular weight excluding hydrogens is 182 g/mol. The lowest BCUT2D eigenvalue weighted by atomic mass is 10.2. The molecule has 0 radical (unpaired) electrons. The SMILES string of the molecule is Cc1nccc(OC2CC2)c1C(=O)O. The van der Waals surface area contributed by atoms with E-state index >= 15 is 0 Å². The summed E-state index contributed by atoms with van der Waals surface area (Å²) in [6.07, 6.45) is 3.80. The average Bonchev–Trinajstić information content (AvgIpc) is 2.87. The first-order chi connectivity index (χ1) is 6.68. The summed E-state index contributed by atoms with van der Waals surface area (Å²) in [4.78, 5) is 14.9. The van der Waals surface area contributed by atoms with Gasteiger partial charge in [0.25, 0.3) is 0 Å². The average molecular weight is 193 g/mol. The Hall–Kier alpha value is -1.58. The number of carboxylic acids is 1. The van der Waals surface area contributed by atoms with E-state index in [1.807, 2.05) is 0 Å². The normalized spacial score (nSPS) is 15.2. The van der Waals surface area contributed by atoms with Gasteiger partial charge in [-0.25, -0.2) is 4.79 Å². The minimum Gasteiger partial charge on any atom is -0.489 e. The predicted molar refractivity (Wildman–Crippen MR) is 49.6 cm³/mol. The van der Waals surface area contributed by atoms with E-state index in [0.29, 0.717) is 11.4 Å². The third-order valence-corrected chi connectivity index (χ3v) is 2.13. The number of carbonyl (C=O) groups is 1. The molecule has 0 bridgehead atoms. The molecule has 1 fully saturated rings. The fraction of sp³-hybridized carbons (Fsp3) is 0.400. The molecule has 1 saturated carbocycles. The van der Waals surface area contributed by atoms with Gasteiger partial charge in [-0.15, -0.1) is 0 Å². The summed E-state index contributed by atoms with van der Waals surface area (Å²) in [6, 6.07) is 1.61. The zero-order chi connectivity index (χ0) is 10.1. The highest BCUT2D eigenvalue weighted by atomic mass is 16.5. The van der Waals surface area contributed by atoms with E-state index in [1.165, 1.54) is 0 Å². The highest BCUT2D eigenvalue weighted by molar-refractivity contribution is 5.91. The second-order valence-corrected chi connectivity index (χ2v) is 3.39. The number of carboxylic acid groups (broad SMARTS) is 1. The Bertz CT molecular complexity index is 372. The van der Waals surface area contributed by atoms with Gasteiger partial charge < -0.3 is 9.84 Å². The summed E-state index contributed by atoms with van der Waals surface area (Å²) in [5, 5.41) is 8.96. The largest absolute Gasteiger partial charge is 0.489 e. The van der Waals surface area contributed by atoms with Crippen LogP contribution in [0, 0.1) is 6.92 Å². The van der Waals surface area contributed by atoms with Gasteiger partial charge in [0.15, 0.2) is 0 Å². The van der Waals surface area contributed by atoms with Crippen LogP contribution in [-0.2, 0) is 0 Å². The molecule has 1 aromatic rings. The second kappa shape index (κ2) is 3.29. The van der Waals surface area contributed by atoms with E-state index in [0.717, 1.165) is 12.8 Å². The van der Waals surface area contributed by atoms with Crippen LogP contribution in [0.25, 0.3) is 0 Å². The van der Waals surface area contributed by atoms with Gasteiger partial charge >= 0.3 is 5.97 Å². The Morgan fingerprint density at radius 3 is 2.93 bits per heavy atom. The Morgan fingerprint density at radius 1 is 1.64 bits per heavy atom. The van der Waals surface area contributed by atoms with Crippen LogP contribution in [0.2, 0.25) is 0 Å². The maximum atomic E-state index is 10.9. The molecule has 74 valence electrons. The summed E-state index contributed by atoms with van der Waals surface area (Å²) in [5.41, 5.74) is 0.676. The molecule has 0 unspecified atom stereocenters. The van der Waals surface area contributed by atoms with E-state index in [1.54, 1.807) is 19.2 Å². The fourth-order valence-electron chi connectivity index (χ4n) is 1.27. The fourth-order valence-corrected chi connectivity index (χ4v) is 1.27. The van der Waals surface area contributed by atoms with Crippen LogP contribution in [0.4, 0.5) is 0 Å². The van der Waals surface area contributed by atoms with Crippen molar-refractivity contribution in [3.63, 3.8) is 0 Å². The van der Waals surface area contributed by atoms with Gasteiger partial charge in [0.2, 0.25) is 0 Å². The predicted octanol–water partition coefficient (Wildman–Crippen LogP) is 1.63. The summed E-state index contributed by atoms with van der Waals surface area (Å²) in [6.45, 7) is 1.67. The molecule has 1 aliphatic rings. The van der Waals surface area contributed by atoms with Gasteiger partial charge in [-0.05, 0) is 25.8 Å². The molecule has 4 heteroatoms. The number of hydrogen-bond donors (Lipinski definition) is 1. The quantitative estimate of drug-likeness (QED) is 0.792. The van der Waals surface area contributed by atoms with Gasteiger partial charge in [0.1, 0.15) is 11.3 Å². The van der Waals surface area contributed by atoms with Crippen molar-refractivity contribution >= 4 is 5.97 Å². The Labute approximate surface area is 81.5 Å². The van der Waals surface area contributed by atoms with Crippen LogP contribution in [-0.4, -0.2) is 22.2 Å². The van der Waals surface area contributed by atoms with E-state index in [-0.39, 0.29) is 11.7 Å². The first-order valence-electron chi connectivity index (χ1n) is 4.54. The van der Waals surface area contributed by atoms with Crippen molar-refractivity contribution < 1.29 is 14.6 Å². The maximum Gasteiger partial charge on any atom is 0.341 e. The molecule has 0 amide bonds. The highest BCUT2D eigenvalue weighted by Crippen LogP contribution is 2.29. The Balaban J connectivity index is 2.35. The zero-order valence-corrected chi connectivity index (χ0v) is 7.86. The standard InChI is InChI=1S/C10H11NO3/c1-6-9(10(12)13)8(4-5-11-6)14-7-2-3-7/h4-5,7H,2-3H2,1H3,(H,12,13). The number of pyridine rings is 1. The summed E-state index contributed by atoms with van der Waals surface area (Å²) >= 11 is 0. The lowest BCUT2D eigenvalue weighted by molar-refractivity contribution is 0.0690. The number of aryl methyl sites for hydroxylation is 1. The highest BCUT2D eigenvalue weighted by Gasteiger charge is 2.26. The Morgan fingerprint density at radius 2 is 2.36 bits per heavy atom. The summed E-state index contributed by atoms with van der Waals surface area (Å²) < 4.78 is 5.48. The minimum atomic E-state index is -0.980. The van der Waals surface area contributed by atoms with Gasteiger partial charge in [-0.3, -0.25) is 4.98 Å². The molecule has 0 atom stereocenters. The molecular formula is C10H11NO3. The van der Waals surface area contributed by atoms with Crippen LogP contribution >= 0.6 is 0 Å². The second-order valence-electron chi connectivity index (χ2n) is 3.39. The van der Waals surface area contributed by atoms with Crippen molar-refractivity contribution in [3.05, 3.63) is 23.5 Å². The van der Waals surface area contributed by atoms with Crippen molar-refractivity contribution in [1.29, 1.82) is 0 Å². The molecule has 14 heavy (non-hydrogen) atoms. The van der Waals surface area contributed by atoms with Crippen molar-refractivity contribution in [1.82, 2.24) is 4.98 Å². The molecule has 0 aromatic carbocycles. The Kier molecular flexibility index (Phi) is 2.11. The lowest BCUT2D eigenvalue weighted by Gasteiger charge is -2.08. The van der Waals surface area contributed by atoms with Crippen molar-refractivity contribution in [3.8, 4) is 5.75 Å². The van der Waals surface area contributed by atoms with Gasteiger partial charge in [-0.2, -0.15) is 0 Å². The number of aromatic nitrogens is 1. The van der Waals surface area contributed by atoms with Crippen LogP contribution in [0.3, 0.4) is 0 Å². The van der Waals surface area contributed by atoms with Crippen molar-refractivity contribution in [2.24, 2.45) is 0 Å². The van der Waals surface area contributed by atoms with E-state index in [2.05, 4.69) is 4.98 Å². The number of ether oxygens (including phenoxy) is 1. The molecule has 1 N–H and O–H groups in total. The van der Waals surface area contributed by atoms with Gasteiger partial charge in [-0.1, -0.05) is 0 Å². The number of rotatable bonds is 3. The molecule has 0 spiro atoms. The zero-order valence-electron chi connectivity index (χ0n) is 7.86. The van der Waals surface area contributed by atoms with Crippen molar-refractivity contribution in [2.75, 3.05) is 0 Å². The molecule has 4 nitrogen and oxygen atoms in total. The van der Waals surface area contributed by atoms with Crippen LogP contribution < -0.4 is 4.74 Å². The summed E-state index contributed by atoms with van der Waals surface area (Å²) in [7, 11) is 0. The first-order valence-corrected chi connectivity index (χ1v) is 4.54. The topological polar surface area (TPSA) is 59.4 Å². The van der Waals surface area contributed by atoms with Crippen LogP contribution in [0.5, 0.6) is 5.75 Å². The third-order valence-electron chi connectivity index (χ3n) is 2.13. The van der Waals surface area contributed by atoms with Crippen molar-refractivity contribution in [2.45, 2.75) is 25.9 Å². The first kappa shape index (κ1) is 8.99.